The van der Waals surface area contributed by atoms with Crippen molar-refractivity contribution in [2.45, 2.75) is 65.3 Å². The van der Waals surface area contributed by atoms with Crippen LogP contribution in [-0.4, -0.2) is 30.6 Å². The number of nitrogens with zero attached hydrogens (tertiary/aromatic N) is 1. The Morgan fingerprint density at radius 1 is 1.10 bits per heavy atom. The summed E-state index contributed by atoms with van der Waals surface area (Å²) >= 11 is 0. The van der Waals surface area contributed by atoms with E-state index >= 15 is 0 Å². The molecule has 1 aliphatic heterocycles. The summed E-state index contributed by atoms with van der Waals surface area (Å²) in [6.07, 6.45) is 7.62. The van der Waals surface area contributed by atoms with Crippen LogP contribution in [0.15, 0.2) is 18.2 Å². The van der Waals surface area contributed by atoms with E-state index in [0.29, 0.717) is 6.04 Å². The second-order valence-electron chi connectivity index (χ2n) is 6.54. The molecule has 1 atom stereocenters. The van der Waals surface area contributed by atoms with Crippen molar-refractivity contribution < 1.29 is 0 Å². The average molecular weight is 288 g/mol. The standard InChI is InChI=1S/C19H32N2/c1-4-6-11-21(12-7-5-2)13-10-17-8-9-19-18(15-17)14-16(3)20-19/h8-9,15-16,20H,4-7,10-14H2,1-3H3. The number of unbranched alkanes of at least 4 members (excludes halogenated alkanes) is 2. The predicted molar refractivity (Wildman–Crippen MR) is 93.2 cm³/mol. The lowest BCUT2D eigenvalue weighted by atomic mass is 10.0. The van der Waals surface area contributed by atoms with Gasteiger partial charge in [0, 0.05) is 18.3 Å². The highest BCUT2D eigenvalue weighted by molar-refractivity contribution is 5.57. The molecule has 0 aliphatic carbocycles. The SMILES string of the molecule is CCCCN(CCCC)CCc1ccc2c(c1)CC(C)N2. The van der Waals surface area contributed by atoms with E-state index in [1.54, 1.807) is 0 Å². The molecule has 0 radical (unpaired) electrons. The second kappa shape index (κ2) is 8.43. The zero-order valence-electron chi connectivity index (χ0n) is 14.1. The number of hydrogen-bond donors (Lipinski definition) is 1. The Hall–Kier alpha value is -1.02. The van der Waals surface area contributed by atoms with Crippen LogP contribution in [0.2, 0.25) is 0 Å². The van der Waals surface area contributed by atoms with E-state index in [1.165, 1.54) is 75.0 Å². The third-order valence-corrected chi connectivity index (χ3v) is 4.47. The van der Waals surface area contributed by atoms with Crippen molar-refractivity contribution in [2.75, 3.05) is 25.0 Å². The molecule has 118 valence electrons. The summed E-state index contributed by atoms with van der Waals surface area (Å²) in [5, 5.41) is 3.53. The van der Waals surface area contributed by atoms with E-state index in [9.17, 15) is 0 Å². The average Bonchev–Trinajstić information content (AvgIpc) is 2.85. The van der Waals surface area contributed by atoms with Gasteiger partial charge in [0.15, 0.2) is 0 Å². The van der Waals surface area contributed by atoms with Gasteiger partial charge >= 0.3 is 0 Å². The lowest BCUT2D eigenvalue weighted by Gasteiger charge is -2.22. The largest absolute Gasteiger partial charge is 0.382 e. The number of fused-ring (bicyclic) bond motifs is 1. The van der Waals surface area contributed by atoms with Crippen LogP contribution in [-0.2, 0) is 12.8 Å². The first kappa shape index (κ1) is 16.4. The minimum atomic E-state index is 0.598. The van der Waals surface area contributed by atoms with Crippen molar-refractivity contribution in [3.63, 3.8) is 0 Å². The highest BCUT2D eigenvalue weighted by Crippen LogP contribution is 2.26. The molecule has 1 heterocycles. The Kier molecular flexibility index (Phi) is 6.56. The normalized spacial score (nSPS) is 17.0. The van der Waals surface area contributed by atoms with Crippen molar-refractivity contribution in [1.29, 1.82) is 0 Å². The fourth-order valence-electron chi connectivity index (χ4n) is 3.14. The molecule has 1 aliphatic rings. The maximum atomic E-state index is 3.53. The molecule has 0 aromatic heterocycles. The minimum absolute atomic E-state index is 0.598. The van der Waals surface area contributed by atoms with Crippen LogP contribution < -0.4 is 5.32 Å². The van der Waals surface area contributed by atoms with E-state index < -0.39 is 0 Å². The first-order valence-corrected chi connectivity index (χ1v) is 8.83. The summed E-state index contributed by atoms with van der Waals surface area (Å²) in [4.78, 5) is 2.65. The molecule has 0 bridgehead atoms. The molecule has 1 aromatic carbocycles. The summed E-state index contributed by atoms with van der Waals surface area (Å²) in [6, 6.07) is 7.60. The fraction of sp³-hybridized carbons (Fsp3) is 0.684. The minimum Gasteiger partial charge on any atom is -0.382 e. The van der Waals surface area contributed by atoms with Gasteiger partial charge in [-0.2, -0.15) is 0 Å². The Morgan fingerprint density at radius 3 is 2.48 bits per heavy atom. The topological polar surface area (TPSA) is 15.3 Å². The van der Waals surface area contributed by atoms with Crippen molar-refractivity contribution in [2.24, 2.45) is 0 Å². The van der Waals surface area contributed by atoms with Crippen LogP contribution in [0.4, 0.5) is 5.69 Å². The predicted octanol–water partition coefficient (Wildman–Crippen LogP) is 4.49. The summed E-state index contributed by atoms with van der Waals surface area (Å²) < 4.78 is 0. The maximum absolute atomic E-state index is 3.53. The fourth-order valence-corrected chi connectivity index (χ4v) is 3.14. The van der Waals surface area contributed by atoms with Crippen LogP contribution in [0.1, 0.15) is 57.6 Å². The third-order valence-electron chi connectivity index (χ3n) is 4.47. The van der Waals surface area contributed by atoms with Gasteiger partial charge in [-0.05, 0) is 62.9 Å². The highest BCUT2D eigenvalue weighted by atomic mass is 15.1. The van der Waals surface area contributed by atoms with E-state index in [-0.39, 0.29) is 0 Å². The van der Waals surface area contributed by atoms with Gasteiger partial charge in [-0.1, -0.05) is 38.8 Å². The summed E-state index contributed by atoms with van der Waals surface area (Å²) in [6.45, 7) is 10.6. The van der Waals surface area contributed by atoms with Gasteiger partial charge in [0.1, 0.15) is 0 Å². The van der Waals surface area contributed by atoms with Crippen molar-refractivity contribution in [3.8, 4) is 0 Å². The van der Waals surface area contributed by atoms with Crippen LogP contribution in [0, 0.1) is 0 Å². The van der Waals surface area contributed by atoms with Crippen LogP contribution in [0.3, 0.4) is 0 Å². The molecule has 0 saturated heterocycles. The van der Waals surface area contributed by atoms with Gasteiger partial charge in [-0.25, -0.2) is 0 Å². The van der Waals surface area contributed by atoms with Crippen molar-refractivity contribution >= 4 is 5.69 Å². The van der Waals surface area contributed by atoms with Crippen molar-refractivity contribution in [1.82, 2.24) is 4.90 Å². The molecule has 0 amide bonds. The monoisotopic (exact) mass is 288 g/mol. The van der Waals surface area contributed by atoms with Gasteiger partial charge < -0.3 is 10.2 Å². The number of nitrogens with one attached hydrogen (secondary N) is 1. The first-order valence-electron chi connectivity index (χ1n) is 8.83. The lowest BCUT2D eigenvalue weighted by Crippen LogP contribution is -2.28. The molecule has 1 N–H and O–H groups in total. The zero-order valence-corrected chi connectivity index (χ0v) is 14.1. The van der Waals surface area contributed by atoms with Gasteiger partial charge in [-0.15, -0.1) is 0 Å². The quantitative estimate of drug-likeness (QED) is 0.720. The zero-order chi connectivity index (χ0) is 15.1. The Balaban J connectivity index is 1.86. The van der Waals surface area contributed by atoms with Crippen LogP contribution in [0.25, 0.3) is 0 Å². The summed E-state index contributed by atoms with van der Waals surface area (Å²) in [5.74, 6) is 0. The molecule has 0 spiro atoms. The molecular formula is C19H32N2. The number of benzene rings is 1. The van der Waals surface area contributed by atoms with Crippen LogP contribution in [0.5, 0.6) is 0 Å². The van der Waals surface area contributed by atoms with E-state index in [0.717, 1.165) is 0 Å². The lowest BCUT2D eigenvalue weighted by molar-refractivity contribution is 0.268. The Bertz CT molecular complexity index is 420. The number of rotatable bonds is 9. The van der Waals surface area contributed by atoms with Gasteiger partial charge in [0.25, 0.3) is 0 Å². The van der Waals surface area contributed by atoms with Crippen LogP contribution >= 0.6 is 0 Å². The highest BCUT2D eigenvalue weighted by Gasteiger charge is 2.16. The molecule has 0 fully saturated rings. The molecule has 2 nitrogen and oxygen atoms in total. The maximum Gasteiger partial charge on any atom is 0.0375 e. The molecule has 0 saturated carbocycles. The molecule has 2 heteroatoms. The van der Waals surface area contributed by atoms with Gasteiger partial charge in [-0.3, -0.25) is 0 Å². The molecule has 1 unspecified atom stereocenters. The van der Waals surface area contributed by atoms with Gasteiger partial charge in [0.05, 0.1) is 0 Å². The molecule has 1 aromatic rings. The number of hydrogen-bond acceptors (Lipinski definition) is 2. The molecule has 2 rings (SSSR count). The number of anilines is 1. The van der Waals surface area contributed by atoms with E-state index in [1.807, 2.05) is 0 Å². The second-order valence-corrected chi connectivity index (χ2v) is 6.54. The first-order chi connectivity index (χ1) is 10.2. The molecular weight excluding hydrogens is 256 g/mol. The smallest absolute Gasteiger partial charge is 0.0375 e. The third kappa shape index (κ3) is 5.03. The summed E-state index contributed by atoms with van der Waals surface area (Å²) in [5.41, 5.74) is 4.36. The van der Waals surface area contributed by atoms with Crippen molar-refractivity contribution in [3.05, 3.63) is 29.3 Å². The Labute approximate surface area is 130 Å². The molecule has 21 heavy (non-hydrogen) atoms. The Morgan fingerprint density at radius 2 is 1.81 bits per heavy atom. The van der Waals surface area contributed by atoms with E-state index in [2.05, 4.69) is 49.2 Å². The summed E-state index contributed by atoms with van der Waals surface area (Å²) in [7, 11) is 0. The van der Waals surface area contributed by atoms with Gasteiger partial charge in [0.2, 0.25) is 0 Å². The van der Waals surface area contributed by atoms with E-state index in [4.69, 9.17) is 0 Å².